The van der Waals surface area contributed by atoms with Crippen molar-refractivity contribution in [3.05, 3.63) is 0 Å². The number of carboxylic acids is 1. The highest BCUT2D eigenvalue weighted by Crippen LogP contribution is 2.12. The Morgan fingerprint density at radius 2 is 2.06 bits per heavy atom. The van der Waals surface area contributed by atoms with Crippen molar-refractivity contribution in [2.45, 2.75) is 38.6 Å². The minimum atomic E-state index is -0.863. The molecule has 0 bridgehead atoms. The molecule has 0 radical (unpaired) electrons. The Labute approximate surface area is 95.6 Å². The van der Waals surface area contributed by atoms with Gasteiger partial charge in [0.15, 0.2) is 0 Å². The molecule has 5 nitrogen and oxygen atoms in total. The third kappa shape index (κ3) is 4.18. The number of rotatable bonds is 5. The zero-order valence-electron chi connectivity index (χ0n) is 9.66. The largest absolute Gasteiger partial charge is 0.481 e. The predicted molar refractivity (Wildman–Crippen MR) is 60.1 cm³/mol. The van der Waals surface area contributed by atoms with Gasteiger partial charge in [-0.15, -0.1) is 0 Å². The van der Waals surface area contributed by atoms with Gasteiger partial charge in [-0.3, -0.25) is 9.59 Å². The van der Waals surface area contributed by atoms with Crippen LogP contribution < -0.4 is 10.6 Å². The maximum Gasteiger partial charge on any atom is 0.305 e. The SMILES string of the molecule is CCC(CC(=O)O)NC(=O)C1CCNCC1. The Kier molecular flexibility index (Phi) is 5.25. The monoisotopic (exact) mass is 228 g/mol. The molecule has 1 saturated heterocycles. The van der Waals surface area contributed by atoms with Gasteiger partial charge in [0, 0.05) is 12.0 Å². The lowest BCUT2D eigenvalue weighted by Gasteiger charge is -2.24. The Hall–Kier alpha value is -1.10. The summed E-state index contributed by atoms with van der Waals surface area (Å²) in [5.41, 5.74) is 0. The lowest BCUT2D eigenvalue weighted by atomic mass is 9.96. The molecule has 5 heteroatoms. The first kappa shape index (κ1) is 13.0. The van der Waals surface area contributed by atoms with E-state index in [0.29, 0.717) is 6.42 Å². The van der Waals surface area contributed by atoms with E-state index in [9.17, 15) is 9.59 Å². The first-order chi connectivity index (χ1) is 7.63. The molecular formula is C11H20N2O3. The second-order valence-corrected chi connectivity index (χ2v) is 4.24. The molecule has 0 spiro atoms. The molecule has 1 heterocycles. The molecule has 0 aliphatic carbocycles. The molecule has 16 heavy (non-hydrogen) atoms. The van der Waals surface area contributed by atoms with Crippen molar-refractivity contribution in [3.8, 4) is 0 Å². The van der Waals surface area contributed by atoms with Crippen molar-refractivity contribution in [2.24, 2.45) is 5.92 Å². The molecule has 1 aliphatic rings. The van der Waals surface area contributed by atoms with Crippen LogP contribution in [0.2, 0.25) is 0 Å². The average molecular weight is 228 g/mol. The van der Waals surface area contributed by atoms with E-state index in [2.05, 4.69) is 10.6 Å². The summed E-state index contributed by atoms with van der Waals surface area (Å²) in [4.78, 5) is 22.4. The first-order valence-corrected chi connectivity index (χ1v) is 5.86. The number of carboxylic acid groups (broad SMARTS) is 1. The van der Waals surface area contributed by atoms with Crippen LogP contribution in [0.3, 0.4) is 0 Å². The summed E-state index contributed by atoms with van der Waals surface area (Å²) in [6.45, 7) is 3.62. The molecule has 0 saturated carbocycles. The normalized spacial score (nSPS) is 19.1. The van der Waals surface area contributed by atoms with Gasteiger partial charge < -0.3 is 15.7 Å². The van der Waals surface area contributed by atoms with E-state index in [1.54, 1.807) is 0 Å². The van der Waals surface area contributed by atoms with Crippen LogP contribution in [0.25, 0.3) is 0 Å². The smallest absolute Gasteiger partial charge is 0.305 e. The van der Waals surface area contributed by atoms with Crippen molar-refractivity contribution in [2.75, 3.05) is 13.1 Å². The highest BCUT2D eigenvalue weighted by molar-refractivity contribution is 5.79. The number of carbonyl (C=O) groups is 2. The standard InChI is InChI=1S/C11H20N2O3/c1-2-9(7-10(14)15)13-11(16)8-3-5-12-6-4-8/h8-9,12H,2-7H2,1H3,(H,13,16)(H,14,15). The fourth-order valence-corrected chi connectivity index (χ4v) is 1.91. The Balaban J connectivity index is 2.38. The number of aliphatic carboxylic acids is 1. The quantitative estimate of drug-likeness (QED) is 0.634. The van der Waals surface area contributed by atoms with Gasteiger partial charge in [0.05, 0.1) is 6.42 Å². The number of piperidine rings is 1. The molecular weight excluding hydrogens is 208 g/mol. The van der Waals surface area contributed by atoms with Crippen LogP contribution in [0.5, 0.6) is 0 Å². The minimum Gasteiger partial charge on any atom is -0.481 e. The lowest BCUT2D eigenvalue weighted by molar-refractivity contribution is -0.137. The number of hydrogen-bond donors (Lipinski definition) is 3. The lowest BCUT2D eigenvalue weighted by Crippen LogP contribution is -2.43. The molecule has 1 rings (SSSR count). The molecule has 1 aliphatic heterocycles. The van der Waals surface area contributed by atoms with Crippen LogP contribution in [-0.4, -0.2) is 36.1 Å². The third-order valence-corrected chi connectivity index (χ3v) is 2.97. The molecule has 3 N–H and O–H groups in total. The zero-order chi connectivity index (χ0) is 12.0. The van der Waals surface area contributed by atoms with Crippen molar-refractivity contribution >= 4 is 11.9 Å². The second-order valence-electron chi connectivity index (χ2n) is 4.24. The van der Waals surface area contributed by atoms with Crippen LogP contribution in [0.15, 0.2) is 0 Å². The minimum absolute atomic E-state index is 0.00715. The van der Waals surface area contributed by atoms with Crippen LogP contribution in [0.4, 0.5) is 0 Å². The summed E-state index contributed by atoms with van der Waals surface area (Å²) in [5, 5.41) is 14.7. The van der Waals surface area contributed by atoms with Crippen molar-refractivity contribution in [1.29, 1.82) is 0 Å². The summed E-state index contributed by atoms with van der Waals surface area (Å²) in [5.74, 6) is -0.809. The van der Waals surface area contributed by atoms with Crippen LogP contribution in [0, 0.1) is 5.92 Å². The maximum absolute atomic E-state index is 11.8. The van der Waals surface area contributed by atoms with Crippen LogP contribution in [-0.2, 0) is 9.59 Å². The van der Waals surface area contributed by atoms with Gasteiger partial charge in [-0.05, 0) is 32.4 Å². The summed E-state index contributed by atoms with van der Waals surface area (Å²) in [6.07, 6.45) is 2.35. The number of nitrogens with one attached hydrogen (secondary N) is 2. The van der Waals surface area contributed by atoms with E-state index in [1.807, 2.05) is 6.92 Å². The van der Waals surface area contributed by atoms with Gasteiger partial charge in [0.25, 0.3) is 0 Å². The summed E-state index contributed by atoms with van der Waals surface area (Å²) < 4.78 is 0. The highest BCUT2D eigenvalue weighted by atomic mass is 16.4. The van der Waals surface area contributed by atoms with E-state index in [1.165, 1.54) is 0 Å². The summed E-state index contributed by atoms with van der Waals surface area (Å²) in [6, 6.07) is -0.236. The van der Waals surface area contributed by atoms with E-state index in [0.717, 1.165) is 25.9 Å². The van der Waals surface area contributed by atoms with Gasteiger partial charge in [-0.2, -0.15) is 0 Å². The molecule has 0 aromatic rings. The summed E-state index contributed by atoms with van der Waals surface area (Å²) >= 11 is 0. The third-order valence-electron chi connectivity index (χ3n) is 2.97. The van der Waals surface area contributed by atoms with Crippen molar-refractivity contribution in [1.82, 2.24) is 10.6 Å². The Bertz CT molecular complexity index is 250. The van der Waals surface area contributed by atoms with E-state index in [-0.39, 0.29) is 24.3 Å². The highest BCUT2D eigenvalue weighted by Gasteiger charge is 2.23. The van der Waals surface area contributed by atoms with E-state index < -0.39 is 5.97 Å². The molecule has 1 unspecified atom stereocenters. The fraction of sp³-hybridized carbons (Fsp3) is 0.818. The molecule has 1 fully saturated rings. The average Bonchev–Trinajstić information content (AvgIpc) is 2.28. The van der Waals surface area contributed by atoms with Crippen LogP contribution >= 0.6 is 0 Å². The summed E-state index contributed by atoms with van der Waals surface area (Å²) in [7, 11) is 0. The molecule has 92 valence electrons. The van der Waals surface area contributed by atoms with Crippen LogP contribution in [0.1, 0.15) is 32.6 Å². The topological polar surface area (TPSA) is 78.4 Å². The number of amides is 1. The molecule has 1 amide bonds. The zero-order valence-corrected chi connectivity index (χ0v) is 9.66. The van der Waals surface area contributed by atoms with E-state index >= 15 is 0 Å². The Morgan fingerprint density at radius 1 is 1.44 bits per heavy atom. The van der Waals surface area contributed by atoms with E-state index in [4.69, 9.17) is 5.11 Å². The Morgan fingerprint density at radius 3 is 2.56 bits per heavy atom. The molecule has 1 atom stereocenters. The second kappa shape index (κ2) is 6.48. The van der Waals surface area contributed by atoms with Gasteiger partial charge in [0.1, 0.15) is 0 Å². The maximum atomic E-state index is 11.8. The van der Waals surface area contributed by atoms with Gasteiger partial charge in [-0.1, -0.05) is 6.92 Å². The van der Waals surface area contributed by atoms with Gasteiger partial charge in [-0.25, -0.2) is 0 Å². The molecule has 0 aromatic carbocycles. The van der Waals surface area contributed by atoms with Gasteiger partial charge in [0.2, 0.25) is 5.91 Å². The predicted octanol–water partition coefficient (Wildman–Crippen LogP) is 0.356. The first-order valence-electron chi connectivity index (χ1n) is 5.86. The number of carbonyl (C=O) groups excluding carboxylic acids is 1. The van der Waals surface area contributed by atoms with Crippen molar-refractivity contribution in [3.63, 3.8) is 0 Å². The molecule has 0 aromatic heterocycles. The van der Waals surface area contributed by atoms with Crippen molar-refractivity contribution < 1.29 is 14.7 Å². The number of hydrogen-bond acceptors (Lipinski definition) is 3. The van der Waals surface area contributed by atoms with Gasteiger partial charge >= 0.3 is 5.97 Å². The fourth-order valence-electron chi connectivity index (χ4n) is 1.91.